The lowest BCUT2D eigenvalue weighted by Crippen LogP contribution is -2.40. The first-order valence-corrected chi connectivity index (χ1v) is 14.4. The van der Waals surface area contributed by atoms with Gasteiger partial charge in [-0.25, -0.2) is 0 Å². The van der Waals surface area contributed by atoms with Crippen molar-refractivity contribution in [2.75, 3.05) is 0 Å². The molecule has 0 spiro atoms. The Morgan fingerprint density at radius 3 is 1.68 bits per heavy atom. The van der Waals surface area contributed by atoms with Crippen LogP contribution in [0.3, 0.4) is 0 Å². The van der Waals surface area contributed by atoms with Gasteiger partial charge in [0.05, 0.1) is 5.92 Å². The van der Waals surface area contributed by atoms with Crippen LogP contribution in [0.4, 0.5) is 0 Å². The number of esters is 4. The molecule has 0 fully saturated rings. The summed E-state index contributed by atoms with van der Waals surface area (Å²) >= 11 is 0. The van der Waals surface area contributed by atoms with Crippen molar-refractivity contribution in [1.29, 1.82) is 0 Å². The summed E-state index contributed by atoms with van der Waals surface area (Å²) in [4.78, 5) is 49.9. The van der Waals surface area contributed by atoms with Crippen molar-refractivity contribution in [2.24, 2.45) is 29.4 Å². The minimum Gasteiger partial charge on any atom is -0.459 e. The van der Waals surface area contributed by atoms with Crippen LogP contribution in [0.1, 0.15) is 93.6 Å². The van der Waals surface area contributed by atoms with Crippen molar-refractivity contribution in [2.45, 2.75) is 113 Å². The molecular formula is C31H49NO8. The van der Waals surface area contributed by atoms with Gasteiger partial charge in [0, 0.05) is 12.8 Å². The lowest BCUT2D eigenvalue weighted by atomic mass is 9.98. The maximum absolute atomic E-state index is 12.7. The summed E-state index contributed by atoms with van der Waals surface area (Å²) in [6.45, 7) is 16.8. The molecular weight excluding hydrogens is 514 g/mol. The molecule has 0 aromatic heterocycles. The molecule has 226 valence electrons. The maximum Gasteiger partial charge on any atom is 0.323 e. The number of carbonyl (C=O) groups excluding carboxylic acids is 4. The SMILES string of the molecule is CCC(C)CC(=O)Oc1ccc(C[C@H](N)C(=O)O[C@@H](C)[C@H](C)OC(=O)C(C)C(C)C)cc1OC(=O)CC(C)CC. The fourth-order valence-corrected chi connectivity index (χ4v) is 3.39. The number of carbonyl (C=O) groups is 4. The Morgan fingerprint density at radius 2 is 1.20 bits per heavy atom. The predicted octanol–water partition coefficient (Wildman–Crippen LogP) is 5.40. The van der Waals surface area contributed by atoms with Gasteiger partial charge in [0.25, 0.3) is 0 Å². The highest BCUT2D eigenvalue weighted by atomic mass is 16.6. The van der Waals surface area contributed by atoms with Crippen molar-refractivity contribution in [3.8, 4) is 11.5 Å². The summed E-state index contributed by atoms with van der Waals surface area (Å²) in [5.41, 5.74) is 6.73. The number of nitrogens with two attached hydrogens (primary N) is 1. The van der Waals surface area contributed by atoms with Crippen molar-refractivity contribution in [3.05, 3.63) is 23.8 Å². The van der Waals surface area contributed by atoms with Gasteiger partial charge >= 0.3 is 23.9 Å². The molecule has 40 heavy (non-hydrogen) atoms. The monoisotopic (exact) mass is 563 g/mol. The van der Waals surface area contributed by atoms with Crippen LogP contribution in [-0.2, 0) is 35.1 Å². The van der Waals surface area contributed by atoms with Gasteiger partial charge in [0.2, 0.25) is 0 Å². The number of benzene rings is 1. The molecule has 0 radical (unpaired) electrons. The minimum atomic E-state index is -1.03. The largest absolute Gasteiger partial charge is 0.459 e. The third-order valence-electron chi connectivity index (χ3n) is 7.28. The lowest BCUT2D eigenvalue weighted by molar-refractivity contribution is -0.169. The van der Waals surface area contributed by atoms with Gasteiger partial charge in [0.1, 0.15) is 18.2 Å². The zero-order valence-electron chi connectivity index (χ0n) is 25.7. The van der Waals surface area contributed by atoms with E-state index in [1.54, 1.807) is 32.9 Å². The summed E-state index contributed by atoms with van der Waals surface area (Å²) in [6.07, 6.45) is 0.824. The van der Waals surface area contributed by atoms with Crippen LogP contribution in [0.15, 0.2) is 18.2 Å². The van der Waals surface area contributed by atoms with Gasteiger partial charge in [0.15, 0.2) is 11.5 Å². The van der Waals surface area contributed by atoms with Crippen LogP contribution in [0, 0.1) is 23.7 Å². The number of rotatable bonds is 16. The Kier molecular flexibility index (Phi) is 14.9. The van der Waals surface area contributed by atoms with Crippen LogP contribution in [0.5, 0.6) is 11.5 Å². The first-order valence-electron chi connectivity index (χ1n) is 14.4. The van der Waals surface area contributed by atoms with Gasteiger partial charge in [-0.05, 0) is 55.7 Å². The summed E-state index contributed by atoms with van der Waals surface area (Å²) < 4.78 is 22.0. The van der Waals surface area contributed by atoms with Crippen molar-refractivity contribution >= 4 is 23.9 Å². The van der Waals surface area contributed by atoms with Crippen molar-refractivity contribution in [3.63, 3.8) is 0 Å². The smallest absolute Gasteiger partial charge is 0.323 e. The van der Waals surface area contributed by atoms with Gasteiger partial charge in [-0.1, -0.05) is 67.4 Å². The number of hydrogen-bond acceptors (Lipinski definition) is 9. The third kappa shape index (κ3) is 12.1. The summed E-state index contributed by atoms with van der Waals surface area (Å²) in [6, 6.07) is 3.72. The normalized spacial score (nSPS) is 15.8. The molecule has 0 heterocycles. The Morgan fingerprint density at radius 1 is 0.725 bits per heavy atom. The molecule has 9 heteroatoms. The predicted molar refractivity (Wildman–Crippen MR) is 153 cm³/mol. The van der Waals surface area contributed by atoms with E-state index in [1.807, 2.05) is 41.5 Å². The fourth-order valence-electron chi connectivity index (χ4n) is 3.39. The molecule has 9 nitrogen and oxygen atoms in total. The summed E-state index contributed by atoms with van der Waals surface area (Å²) in [7, 11) is 0. The molecule has 0 saturated heterocycles. The van der Waals surface area contributed by atoms with E-state index in [9.17, 15) is 19.2 Å². The number of hydrogen-bond donors (Lipinski definition) is 1. The average molecular weight is 564 g/mol. The highest BCUT2D eigenvalue weighted by Gasteiger charge is 2.27. The highest BCUT2D eigenvalue weighted by molar-refractivity contribution is 5.78. The molecule has 0 amide bonds. The second-order valence-corrected chi connectivity index (χ2v) is 11.3. The Bertz CT molecular complexity index is 992. The van der Waals surface area contributed by atoms with Crippen LogP contribution in [0.25, 0.3) is 0 Å². The molecule has 6 atom stereocenters. The molecule has 1 aromatic carbocycles. The van der Waals surface area contributed by atoms with E-state index in [-0.39, 0.29) is 60.4 Å². The molecule has 0 saturated carbocycles. The van der Waals surface area contributed by atoms with Gasteiger partial charge in [-0.3, -0.25) is 19.2 Å². The lowest BCUT2D eigenvalue weighted by Gasteiger charge is -2.24. The zero-order chi connectivity index (χ0) is 30.6. The highest BCUT2D eigenvalue weighted by Crippen LogP contribution is 2.31. The van der Waals surface area contributed by atoms with E-state index in [2.05, 4.69) is 0 Å². The molecule has 3 unspecified atom stereocenters. The summed E-state index contributed by atoms with van der Waals surface area (Å²) in [5.74, 6) is -1.53. The van der Waals surface area contributed by atoms with Crippen molar-refractivity contribution in [1.82, 2.24) is 0 Å². The molecule has 0 aliphatic carbocycles. The average Bonchev–Trinajstić information content (AvgIpc) is 2.88. The quantitative estimate of drug-likeness (QED) is 0.207. The van der Waals surface area contributed by atoms with E-state index >= 15 is 0 Å². The molecule has 2 N–H and O–H groups in total. The van der Waals surface area contributed by atoms with E-state index in [1.165, 1.54) is 6.07 Å². The van der Waals surface area contributed by atoms with Crippen LogP contribution in [-0.4, -0.2) is 42.1 Å². The second-order valence-electron chi connectivity index (χ2n) is 11.3. The number of ether oxygens (including phenoxy) is 4. The molecule has 0 aliphatic rings. The standard InChI is InChI=1S/C31H49NO8/c1-10-19(5)14-28(33)39-26-13-12-24(17-27(26)40-29(34)15-20(6)11-2)16-25(32)31(36)38-23(9)22(8)37-30(35)21(7)18(3)4/h12-13,17-23,25H,10-11,14-16,32H2,1-9H3/t19?,20?,21?,22-,23-,25-/m0/s1. The molecule has 1 aromatic rings. The zero-order valence-corrected chi connectivity index (χ0v) is 25.7. The van der Waals surface area contributed by atoms with Crippen molar-refractivity contribution < 1.29 is 38.1 Å². The fraction of sp³-hybridized carbons (Fsp3) is 0.677. The topological polar surface area (TPSA) is 131 Å². The van der Waals surface area contributed by atoms with E-state index < -0.39 is 36.2 Å². The van der Waals surface area contributed by atoms with Crippen LogP contribution >= 0.6 is 0 Å². The van der Waals surface area contributed by atoms with Crippen LogP contribution in [0.2, 0.25) is 0 Å². The maximum atomic E-state index is 12.7. The van der Waals surface area contributed by atoms with E-state index in [0.717, 1.165) is 12.8 Å². The summed E-state index contributed by atoms with van der Waals surface area (Å²) in [5, 5.41) is 0. The first kappa shape index (κ1) is 35.1. The van der Waals surface area contributed by atoms with Gasteiger partial charge in [-0.2, -0.15) is 0 Å². The molecule has 0 aliphatic heterocycles. The second kappa shape index (κ2) is 17.0. The van der Waals surface area contributed by atoms with E-state index in [4.69, 9.17) is 24.7 Å². The Labute approximate surface area is 239 Å². The van der Waals surface area contributed by atoms with E-state index in [0.29, 0.717) is 5.56 Å². The van der Waals surface area contributed by atoms with Gasteiger partial charge < -0.3 is 24.7 Å². The molecule has 0 bridgehead atoms. The Hall–Kier alpha value is -2.94. The van der Waals surface area contributed by atoms with Gasteiger partial charge in [-0.15, -0.1) is 0 Å². The molecule has 1 rings (SSSR count). The van der Waals surface area contributed by atoms with Crippen LogP contribution < -0.4 is 15.2 Å². The minimum absolute atomic E-state index is 0.0844. The first-order chi connectivity index (χ1) is 18.7. The third-order valence-corrected chi connectivity index (χ3v) is 7.28. The Balaban J connectivity index is 2.96.